The fraction of sp³-hybridized carbons (Fsp3) is 0.150. The van der Waals surface area contributed by atoms with Crippen molar-refractivity contribution < 1.29 is 9.59 Å². The lowest BCUT2D eigenvalue weighted by atomic mass is 10.1. The monoisotopic (exact) mass is 348 g/mol. The van der Waals surface area contributed by atoms with Gasteiger partial charge >= 0.3 is 0 Å². The van der Waals surface area contributed by atoms with E-state index in [0.29, 0.717) is 22.6 Å². The first-order chi connectivity index (χ1) is 12.5. The largest absolute Gasteiger partial charge is 0.325 e. The number of carbonyl (C=O) groups excluding carboxylic acids is 2. The molecule has 0 unspecified atom stereocenters. The zero-order chi connectivity index (χ0) is 18.5. The number of rotatable bonds is 5. The van der Waals surface area contributed by atoms with Crippen molar-refractivity contribution in [2.75, 3.05) is 10.6 Å². The number of H-pyrrole nitrogens is 1. The summed E-state index contributed by atoms with van der Waals surface area (Å²) >= 11 is 0. The molecule has 0 bridgehead atoms. The predicted molar refractivity (Wildman–Crippen MR) is 101 cm³/mol. The molecular weight excluding hydrogens is 328 g/mol. The van der Waals surface area contributed by atoms with Crippen molar-refractivity contribution in [3.8, 4) is 0 Å². The van der Waals surface area contributed by atoms with Crippen molar-refractivity contribution in [1.29, 1.82) is 0 Å². The van der Waals surface area contributed by atoms with Crippen molar-refractivity contribution >= 4 is 23.2 Å². The summed E-state index contributed by atoms with van der Waals surface area (Å²) in [6.45, 7) is 3.65. The number of amides is 2. The molecule has 1 aromatic heterocycles. The second-order valence-corrected chi connectivity index (χ2v) is 6.02. The van der Waals surface area contributed by atoms with E-state index in [-0.39, 0.29) is 18.2 Å². The van der Waals surface area contributed by atoms with Gasteiger partial charge in [0, 0.05) is 0 Å². The van der Waals surface area contributed by atoms with E-state index in [9.17, 15) is 9.59 Å². The van der Waals surface area contributed by atoms with E-state index in [2.05, 4.69) is 20.8 Å². The van der Waals surface area contributed by atoms with Crippen LogP contribution in [0.5, 0.6) is 0 Å². The number of benzene rings is 2. The quantitative estimate of drug-likeness (QED) is 0.660. The van der Waals surface area contributed by atoms with Crippen LogP contribution in [-0.4, -0.2) is 22.0 Å². The number of hydrogen-bond donors (Lipinski definition) is 3. The SMILES string of the molecule is Cc1n[nH]c(C)c1NC(=O)c1ccccc1NC(=O)Cc1ccccc1. The van der Waals surface area contributed by atoms with Gasteiger partial charge in [0.15, 0.2) is 0 Å². The fourth-order valence-electron chi connectivity index (χ4n) is 2.68. The van der Waals surface area contributed by atoms with E-state index in [1.807, 2.05) is 44.2 Å². The normalized spacial score (nSPS) is 10.4. The molecule has 132 valence electrons. The molecule has 6 heteroatoms. The summed E-state index contributed by atoms with van der Waals surface area (Å²) in [5, 5.41) is 12.6. The minimum atomic E-state index is -0.298. The third kappa shape index (κ3) is 3.97. The molecular formula is C20H20N4O2. The van der Waals surface area contributed by atoms with Crippen molar-refractivity contribution in [2.45, 2.75) is 20.3 Å². The summed E-state index contributed by atoms with van der Waals surface area (Å²) in [7, 11) is 0. The van der Waals surface area contributed by atoms with Gasteiger partial charge in [0.1, 0.15) is 0 Å². The number of hydrogen-bond acceptors (Lipinski definition) is 3. The number of anilines is 2. The standard InChI is InChI=1S/C20H20N4O2/c1-13-19(14(2)24-23-13)22-20(26)16-10-6-7-11-17(16)21-18(25)12-15-8-4-3-5-9-15/h3-11H,12H2,1-2H3,(H,21,25)(H,22,26)(H,23,24). The van der Waals surface area contributed by atoms with Gasteiger partial charge in [-0.25, -0.2) is 0 Å². The maximum absolute atomic E-state index is 12.7. The van der Waals surface area contributed by atoms with Crippen molar-refractivity contribution in [2.24, 2.45) is 0 Å². The smallest absolute Gasteiger partial charge is 0.257 e. The number of aryl methyl sites for hydroxylation is 2. The van der Waals surface area contributed by atoms with Crippen LogP contribution in [0.15, 0.2) is 54.6 Å². The van der Waals surface area contributed by atoms with Gasteiger partial charge in [-0.2, -0.15) is 5.10 Å². The van der Waals surface area contributed by atoms with Gasteiger partial charge in [-0.1, -0.05) is 42.5 Å². The summed E-state index contributed by atoms with van der Waals surface area (Å²) in [6, 6.07) is 16.4. The Kier molecular flexibility index (Phi) is 5.12. The van der Waals surface area contributed by atoms with E-state index >= 15 is 0 Å². The minimum Gasteiger partial charge on any atom is -0.325 e. The Morgan fingerprint density at radius 2 is 1.65 bits per heavy atom. The van der Waals surface area contributed by atoms with Gasteiger partial charge < -0.3 is 10.6 Å². The molecule has 0 fully saturated rings. The maximum atomic E-state index is 12.7. The zero-order valence-electron chi connectivity index (χ0n) is 14.7. The number of nitrogens with one attached hydrogen (secondary N) is 3. The summed E-state index contributed by atoms with van der Waals surface area (Å²) in [5.41, 5.74) is 3.93. The molecule has 0 saturated carbocycles. The van der Waals surface area contributed by atoms with Crippen LogP contribution in [0, 0.1) is 13.8 Å². The highest BCUT2D eigenvalue weighted by Crippen LogP contribution is 2.21. The Bertz CT molecular complexity index is 912. The highest BCUT2D eigenvalue weighted by Gasteiger charge is 2.16. The van der Waals surface area contributed by atoms with Gasteiger partial charge in [0.05, 0.1) is 34.7 Å². The minimum absolute atomic E-state index is 0.174. The van der Waals surface area contributed by atoms with Crippen LogP contribution in [-0.2, 0) is 11.2 Å². The predicted octanol–water partition coefficient (Wildman–Crippen LogP) is 3.46. The molecule has 3 aromatic rings. The Labute approximate surface area is 151 Å². The van der Waals surface area contributed by atoms with Crippen LogP contribution >= 0.6 is 0 Å². The number of nitrogens with zero attached hydrogens (tertiary/aromatic N) is 1. The molecule has 0 aliphatic carbocycles. The Balaban J connectivity index is 1.75. The van der Waals surface area contributed by atoms with Gasteiger partial charge in [-0.3, -0.25) is 14.7 Å². The molecule has 1 heterocycles. The van der Waals surface area contributed by atoms with E-state index < -0.39 is 0 Å². The van der Waals surface area contributed by atoms with Gasteiger partial charge in [-0.05, 0) is 31.5 Å². The van der Waals surface area contributed by atoms with E-state index in [4.69, 9.17) is 0 Å². The lowest BCUT2D eigenvalue weighted by Gasteiger charge is -2.12. The van der Waals surface area contributed by atoms with E-state index in [0.717, 1.165) is 11.3 Å². The third-order valence-electron chi connectivity index (χ3n) is 4.02. The van der Waals surface area contributed by atoms with E-state index in [1.165, 1.54) is 0 Å². The zero-order valence-corrected chi connectivity index (χ0v) is 14.7. The number of aromatic nitrogens is 2. The first-order valence-electron chi connectivity index (χ1n) is 8.30. The lowest BCUT2D eigenvalue weighted by Crippen LogP contribution is -2.19. The summed E-state index contributed by atoms with van der Waals surface area (Å²) < 4.78 is 0. The lowest BCUT2D eigenvalue weighted by molar-refractivity contribution is -0.115. The average molecular weight is 348 g/mol. The average Bonchev–Trinajstić information content (AvgIpc) is 2.95. The van der Waals surface area contributed by atoms with Crippen LogP contribution in [0.3, 0.4) is 0 Å². The number of aromatic amines is 1. The van der Waals surface area contributed by atoms with Gasteiger partial charge in [-0.15, -0.1) is 0 Å². The molecule has 0 aliphatic heterocycles. The molecule has 0 spiro atoms. The summed E-state index contributed by atoms with van der Waals surface area (Å²) in [6.07, 6.45) is 0.247. The second kappa shape index (κ2) is 7.65. The first kappa shape index (κ1) is 17.4. The highest BCUT2D eigenvalue weighted by molar-refractivity contribution is 6.10. The number of carbonyl (C=O) groups is 2. The molecule has 2 amide bonds. The third-order valence-corrected chi connectivity index (χ3v) is 4.02. The maximum Gasteiger partial charge on any atom is 0.257 e. The summed E-state index contributed by atoms with van der Waals surface area (Å²) in [4.78, 5) is 25.0. The Morgan fingerprint density at radius 3 is 2.35 bits per heavy atom. The van der Waals surface area contributed by atoms with Crippen LogP contribution in [0.2, 0.25) is 0 Å². The molecule has 2 aromatic carbocycles. The Hall–Kier alpha value is -3.41. The molecule has 0 aliphatic rings. The van der Waals surface area contributed by atoms with Crippen LogP contribution in [0.1, 0.15) is 27.3 Å². The molecule has 0 radical (unpaired) electrons. The van der Waals surface area contributed by atoms with Crippen molar-refractivity contribution in [3.63, 3.8) is 0 Å². The number of para-hydroxylation sites is 1. The fourth-order valence-corrected chi connectivity index (χ4v) is 2.68. The van der Waals surface area contributed by atoms with Crippen LogP contribution in [0.25, 0.3) is 0 Å². The molecule has 3 rings (SSSR count). The van der Waals surface area contributed by atoms with Gasteiger partial charge in [0.25, 0.3) is 5.91 Å². The molecule has 6 nitrogen and oxygen atoms in total. The highest BCUT2D eigenvalue weighted by atomic mass is 16.2. The van der Waals surface area contributed by atoms with Gasteiger partial charge in [0.2, 0.25) is 5.91 Å². The van der Waals surface area contributed by atoms with Crippen LogP contribution in [0.4, 0.5) is 11.4 Å². The van der Waals surface area contributed by atoms with E-state index in [1.54, 1.807) is 24.3 Å². The van der Waals surface area contributed by atoms with Crippen molar-refractivity contribution in [1.82, 2.24) is 10.2 Å². The Morgan fingerprint density at radius 1 is 0.962 bits per heavy atom. The van der Waals surface area contributed by atoms with Crippen molar-refractivity contribution in [3.05, 3.63) is 77.1 Å². The first-order valence-corrected chi connectivity index (χ1v) is 8.30. The summed E-state index contributed by atoms with van der Waals surface area (Å²) in [5.74, 6) is -0.472. The molecule has 0 atom stereocenters. The topological polar surface area (TPSA) is 86.9 Å². The molecule has 3 N–H and O–H groups in total. The molecule has 26 heavy (non-hydrogen) atoms. The second-order valence-electron chi connectivity index (χ2n) is 6.02. The molecule has 0 saturated heterocycles. The van der Waals surface area contributed by atoms with Crippen LogP contribution < -0.4 is 10.6 Å².